The van der Waals surface area contributed by atoms with Gasteiger partial charge in [-0.1, -0.05) is 13.3 Å². The fourth-order valence-corrected chi connectivity index (χ4v) is 2.72. The minimum atomic E-state index is -2.24. The third-order valence-corrected chi connectivity index (χ3v) is 3.91. The standard InChI is InChI=1S/C3H7Cl3Si.C3H6O2/c1-2-3-7(4,5)6;4-1-3-2-5-3/h2-3H2,1H3;3-4H,1-2H2. The van der Waals surface area contributed by atoms with Crippen molar-refractivity contribution in [1.82, 2.24) is 0 Å². The van der Waals surface area contributed by atoms with E-state index in [1.807, 2.05) is 6.92 Å². The highest BCUT2D eigenvalue weighted by Gasteiger charge is 2.22. The van der Waals surface area contributed by atoms with Gasteiger partial charge in [0.1, 0.15) is 6.10 Å². The molecule has 1 rings (SSSR count). The Morgan fingerprint density at radius 1 is 1.50 bits per heavy atom. The smallest absolute Gasteiger partial charge is 0.341 e. The maximum Gasteiger partial charge on any atom is 0.341 e. The van der Waals surface area contributed by atoms with Crippen molar-refractivity contribution in [1.29, 1.82) is 0 Å². The zero-order valence-electron chi connectivity index (χ0n) is 6.90. The predicted octanol–water partition coefficient (Wildman–Crippen LogP) is 2.43. The van der Waals surface area contributed by atoms with Gasteiger partial charge >= 0.3 is 6.00 Å². The molecule has 0 radical (unpaired) electrons. The normalized spacial score (nSPS) is 21.2. The van der Waals surface area contributed by atoms with Crippen LogP contribution in [-0.2, 0) is 4.74 Å². The Labute approximate surface area is 87.9 Å². The zero-order chi connectivity index (χ0) is 9.61. The molecule has 1 atom stereocenters. The molecule has 74 valence electrons. The van der Waals surface area contributed by atoms with E-state index in [1.165, 1.54) is 0 Å². The summed E-state index contributed by atoms with van der Waals surface area (Å²) in [5.41, 5.74) is 0. The average Bonchev–Trinajstić information content (AvgIpc) is 2.66. The minimum absolute atomic E-state index is 0.190. The highest BCUT2D eigenvalue weighted by atomic mass is 35.8. The lowest BCUT2D eigenvalue weighted by atomic mass is 10.5. The summed E-state index contributed by atoms with van der Waals surface area (Å²) in [6.45, 7) is 2.96. The molecule has 1 heterocycles. The number of aliphatic hydroxyl groups excluding tert-OH is 1. The van der Waals surface area contributed by atoms with Gasteiger partial charge in [-0.25, -0.2) is 0 Å². The van der Waals surface area contributed by atoms with Gasteiger partial charge in [-0.15, -0.1) is 33.2 Å². The molecule has 0 saturated carbocycles. The first-order valence-electron chi connectivity index (χ1n) is 3.78. The number of ether oxygens (including phenoxy) is 1. The molecule has 0 bridgehead atoms. The first kappa shape index (κ1) is 13.0. The molecule has 0 aromatic heterocycles. The first-order valence-corrected chi connectivity index (χ1v) is 9.03. The van der Waals surface area contributed by atoms with Gasteiger partial charge in [-0.05, 0) is 6.04 Å². The third-order valence-electron chi connectivity index (χ3n) is 1.14. The Hall–Kier alpha value is 1.01. The van der Waals surface area contributed by atoms with Crippen LogP contribution in [0.15, 0.2) is 0 Å². The van der Waals surface area contributed by atoms with Crippen molar-refractivity contribution < 1.29 is 9.84 Å². The van der Waals surface area contributed by atoms with Gasteiger partial charge in [-0.2, -0.15) is 0 Å². The van der Waals surface area contributed by atoms with Crippen molar-refractivity contribution in [2.75, 3.05) is 13.2 Å². The van der Waals surface area contributed by atoms with Crippen molar-refractivity contribution in [3.63, 3.8) is 0 Å². The molecule has 1 N–H and O–H groups in total. The van der Waals surface area contributed by atoms with Crippen molar-refractivity contribution in [2.45, 2.75) is 25.5 Å². The van der Waals surface area contributed by atoms with Crippen molar-refractivity contribution >= 4 is 39.2 Å². The number of epoxide rings is 1. The summed E-state index contributed by atoms with van der Waals surface area (Å²) in [5, 5.41) is 8.08. The highest BCUT2D eigenvalue weighted by Crippen LogP contribution is 2.25. The Morgan fingerprint density at radius 2 is 2.00 bits per heavy atom. The van der Waals surface area contributed by atoms with Crippen LogP contribution in [0, 0.1) is 0 Å². The molecule has 1 aliphatic heterocycles. The maximum atomic E-state index is 8.08. The third kappa shape index (κ3) is 11.0. The molecular formula is C6H13Cl3O2Si. The Bertz CT molecular complexity index is 114. The number of hydrogen-bond donors (Lipinski definition) is 1. The van der Waals surface area contributed by atoms with Gasteiger partial charge in [0.25, 0.3) is 0 Å². The summed E-state index contributed by atoms with van der Waals surface area (Å²) in [7, 11) is 0. The Morgan fingerprint density at radius 3 is 2.00 bits per heavy atom. The van der Waals surface area contributed by atoms with Crippen LogP contribution in [0.25, 0.3) is 0 Å². The first-order chi connectivity index (χ1) is 5.49. The molecule has 2 nitrogen and oxygen atoms in total. The summed E-state index contributed by atoms with van der Waals surface area (Å²) < 4.78 is 4.61. The van der Waals surface area contributed by atoms with Crippen LogP contribution in [0.1, 0.15) is 13.3 Å². The Kier molecular flexibility index (Phi) is 7.00. The van der Waals surface area contributed by atoms with E-state index in [-0.39, 0.29) is 12.7 Å². The van der Waals surface area contributed by atoms with Crippen LogP contribution >= 0.6 is 33.2 Å². The molecule has 6 heteroatoms. The maximum absolute atomic E-state index is 8.08. The number of rotatable bonds is 3. The summed E-state index contributed by atoms with van der Waals surface area (Å²) in [5.74, 6) is 0. The minimum Gasteiger partial charge on any atom is -0.394 e. The van der Waals surface area contributed by atoms with E-state index in [1.54, 1.807) is 0 Å². The molecular weight excluding hydrogens is 239 g/mol. The fourth-order valence-electron chi connectivity index (χ4n) is 0.457. The molecule has 1 unspecified atom stereocenters. The average molecular weight is 252 g/mol. The molecule has 1 saturated heterocycles. The summed E-state index contributed by atoms with van der Waals surface area (Å²) in [4.78, 5) is 0. The fraction of sp³-hybridized carbons (Fsp3) is 1.00. The van der Waals surface area contributed by atoms with Crippen LogP contribution in [0.3, 0.4) is 0 Å². The van der Waals surface area contributed by atoms with Gasteiger partial charge in [0.15, 0.2) is 0 Å². The predicted molar refractivity (Wildman–Crippen MR) is 55.2 cm³/mol. The lowest BCUT2D eigenvalue weighted by Crippen LogP contribution is -2.06. The van der Waals surface area contributed by atoms with Crippen molar-refractivity contribution in [3.05, 3.63) is 0 Å². The van der Waals surface area contributed by atoms with E-state index in [0.29, 0.717) is 0 Å². The van der Waals surface area contributed by atoms with Gasteiger partial charge in [0.05, 0.1) is 13.2 Å². The topological polar surface area (TPSA) is 32.8 Å². The molecule has 0 spiro atoms. The van der Waals surface area contributed by atoms with Gasteiger partial charge in [-0.3, -0.25) is 0 Å². The quantitative estimate of drug-likeness (QED) is 0.475. The van der Waals surface area contributed by atoms with E-state index in [4.69, 9.17) is 38.3 Å². The molecule has 1 aliphatic rings. The second kappa shape index (κ2) is 6.46. The molecule has 12 heavy (non-hydrogen) atoms. The highest BCUT2D eigenvalue weighted by molar-refractivity contribution is 7.64. The monoisotopic (exact) mass is 250 g/mol. The van der Waals surface area contributed by atoms with E-state index >= 15 is 0 Å². The second-order valence-corrected chi connectivity index (χ2v) is 11.8. The van der Waals surface area contributed by atoms with Crippen molar-refractivity contribution in [2.24, 2.45) is 0 Å². The number of halogens is 3. The molecule has 0 aromatic rings. The Balaban J connectivity index is 0.000000211. The second-order valence-electron chi connectivity index (χ2n) is 2.50. The van der Waals surface area contributed by atoms with Crippen LogP contribution in [0.2, 0.25) is 6.04 Å². The zero-order valence-corrected chi connectivity index (χ0v) is 10.2. The van der Waals surface area contributed by atoms with Crippen LogP contribution < -0.4 is 0 Å². The van der Waals surface area contributed by atoms with Gasteiger partial charge < -0.3 is 9.84 Å². The van der Waals surface area contributed by atoms with E-state index in [0.717, 1.165) is 19.1 Å². The SMILES string of the molecule is CCC[Si](Cl)(Cl)Cl.OCC1CO1. The number of aliphatic hydroxyl groups is 1. The lowest BCUT2D eigenvalue weighted by molar-refractivity contribution is 0.244. The summed E-state index contributed by atoms with van der Waals surface area (Å²) in [6, 6.07) is -1.47. The van der Waals surface area contributed by atoms with E-state index in [9.17, 15) is 0 Å². The van der Waals surface area contributed by atoms with Crippen LogP contribution in [0.4, 0.5) is 0 Å². The lowest BCUT2D eigenvalue weighted by Gasteiger charge is -2.01. The van der Waals surface area contributed by atoms with Crippen LogP contribution in [-0.4, -0.2) is 30.4 Å². The molecule has 1 fully saturated rings. The number of hydrogen-bond acceptors (Lipinski definition) is 2. The summed E-state index contributed by atoms with van der Waals surface area (Å²) >= 11 is 16.5. The summed E-state index contributed by atoms with van der Waals surface area (Å²) in [6.07, 6.45) is 1.16. The van der Waals surface area contributed by atoms with Gasteiger partial charge in [0, 0.05) is 0 Å². The van der Waals surface area contributed by atoms with E-state index in [2.05, 4.69) is 4.74 Å². The van der Waals surface area contributed by atoms with Crippen molar-refractivity contribution in [3.8, 4) is 0 Å². The van der Waals surface area contributed by atoms with Gasteiger partial charge in [0.2, 0.25) is 0 Å². The van der Waals surface area contributed by atoms with Crippen LogP contribution in [0.5, 0.6) is 0 Å². The largest absolute Gasteiger partial charge is 0.394 e. The van der Waals surface area contributed by atoms with E-state index < -0.39 is 6.00 Å². The molecule has 0 aromatic carbocycles. The molecule has 0 amide bonds. The molecule has 0 aliphatic carbocycles.